The number of aromatic nitrogens is 4. The fourth-order valence-corrected chi connectivity index (χ4v) is 4.02. The average Bonchev–Trinajstić information content (AvgIpc) is 3.13. The largest absolute Gasteiger partial charge is 0.487 e. The van der Waals surface area contributed by atoms with Crippen LogP contribution in [0.4, 0.5) is 0 Å². The van der Waals surface area contributed by atoms with Crippen LogP contribution in [0, 0.1) is 6.92 Å². The summed E-state index contributed by atoms with van der Waals surface area (Å²) < 4.78 is 26.2. The number of nitrogens with zero attached hydrogens (tertiary/aromatic N) is 4. The predicted molar refractivity (Wildman–Crippen MR) is 116 cm³/mol. The highest BCUT2D eigenvalue weighted by atomic mass is 16.6. The Morgan fingerprint density at radius 2 is 2.09 bits per heavy atom. The average molecular weight is 438 g/mol. The zero-order valence-corrected chi connectivity index (χ0v) is 18.2. The molecule has 168 valence electrons. The minimum absolute atomic E-state index is 0.153. The summed E-state index contributed by atoms with van der Waals surface area (Å²) >= 11 is 0. The van der Waals surface area contributed by atoms with Crippen molar-refractivity contribution in [2.24, 2.45) is 7.05 Å². The molecule has 1 fully saturated rings. The number of hydrogen-bond donors (Lipinski definition) is 0. The van der Waals surface area contributed by atoms with Gasteiger partial charge in [0.2, 0.25) is 5.88 Å². The molecule has 5 rings (SSSR count). The lowest BCUT2D eigenvalue weighted by atomic mass is 9.97. The van der Waals surface area contributed by atoms with E-state index in [0.717, 1.165) is 40.4 Å². The Labute approximate surface area is 185 Å². The molecular weight excluding hydrogens is 412 g/mol. The van der Waals surface area contributed by atoms with Gasteiger partial charge >= 0.3 is 5.69 Å². The fraction of sp³-hybridized carbons (Fsp3) is 0.435. The summed E-state index contributed by atoms with van der Waals surface area (Å²) in [6.07, 6.45) is 0.580. The molecule has 0 bridgehead atoms. The summed E-state index contributed by atoms with van der Waals surface area (Å²) in [6.45, 7) is 4.90. The number of hydrogen-bond acceptors (Lipinski definition) is 7. The number of aryl methyl sites for hydroxylation is 3. The maximum absolute atomic E-state index is 12.6. The van der Waals surface area contributed by atoms with E-state index in [4.69, 9.17) is 18.9 Å². The molecule has 1 atom stereocenters. The van der Waals surface area contributed by atoms with Crippen LogP contribution in [0.1, 0.15) is 17.0 Å². The van der Waals surface area contributed by atoms with Crippen LogP contribution in [0.2, 0.25) is 0 Å². The van der Waals surface area contributed by atoms with E-state index >= 15 is 0 Å². The third-order valence-electron chi connectivity index (χ3n) is 5.80. The van der Waals surface area contributed by atoms with Crippen LogP contribution in [0.25, 0.3) is 11.3 Å². The van der Waals surface area contributed by atoms with Crippen LogP contribution in [0.15, 0.2) is 35.1 Å². The van der Waals surface area contributed by atoms with Gasteiger partial charge in [-0.25, -0.2) is 4.79 Å². The lowest BCUT2D eigenvalue weighted by molar-refractivity contribution is -0.102. The second-order valence-electron chi connectivity index (χ2n) is 8.05. The Hall–Kier alpha value is -3.17. The lowest BCUT2D eigenvalue weighted by Crippen LogP contribution is -2.34. The van der Waals surface area contributed by atoms with Gasteiger partial charge in [0.1, 0.15) is 30.8 Å². The molecule has 9 heteroatoms. The number of ether oxygens (including phenoxy) is 4. The van der Waals surface area contributed by atoms with Crippen molar-refractivity contribution in [2.45, 2.75) is 32.6 Å². The molecule has 3 aromatic rings. The molecule has 0 spiro atoms. The summed E-state index contributed by atoms with van der Waals surface area (Å²) in [5.74, 6) is 1.08. The van der Waals surface area contributed by atoms with Gasteiger partial charge in [-0.1, -0.05) is 0 Å². The van der Waals surface area contributed by atoms with Gasteiger partial charge in [0.15, 0.2) is 0 Å². The van der Waals surface area contributed by atoms with Crippen LogP contribution in [0.3, 0.4) is 0 Å². The van der Waals surface area contributed by atoms with E-state index in [2.05, 4.69) is 10.1 Å². The van der Waals surface area contributed by atoms with Gasteiger partial charge in [0.25, 0.3) is 0 Å². The Balaban J connectivity index is 1.33. The lowest BCUT2D eigenvalue weighted by Gasteiger charge is -2.24. The van der Waals surface area contributed by atoms with Crippen molar-refractivity contribution in [2.75, 3.05) is 26.4 Å². The van der Waals surface area contributed by atoms with Crippen molar-refractivity contribution in [3.63, 3.8) is 0 Å². The number of rotatable bonds is 6. The topological polar surface area (TPSA) is 89.6 Å². The summed E-state index contributed by atoms with van der Waals surface area (Å²) in [6, 6.07) is 9.77. The van der Waals surface area contributed by atoms with Crippen LogP contribution >= 0.6 is 0 Å². The highest BCUT2D eigenvalue weighted by Gasteiger charge is 2.21. The monoisotopic (exact) mass is 438 g/mol. The number of benzene rings is 1. The highest BCUT2D eigenvalue weighted by molar-refractivity contribution is 5.67. The van der Waals surface area contributed by atoms with Gasteiger partial charge in [-0.2, -0.15) is 10.1 Å². The first-order valence-corrected chi connectivity index (χ1v) is 10.8. The molecule has 1 saturated heterocycles. The van der Waals surface area contributed by atoms with Gasteiger partial charge in [-0.05, 0) is 43.2 Å². The predicted octanol–water partition coefficient (Wildman–Crippen LogP) is 1.88. The van der Waals surface area contributed by atoms with Gasteiger partial charge in [0, 0.05) is 30.9 Å². The van der Waals surface area contributed by atoms with E-state index in [-0.39, 0.29) is 11.8 Å². The fourth-order valence-electron chi connectivity index (χ4n) is 4.02. The summed E-state index contributed by atoms with van der Waals surface area (Å²) in [7, 11) is 1.92. The molecule has 9 nitrogen and oxygen atoms in total. The maximum atomic E-state index is 12.6. The second-order valence-corrected chi connectivity index (χ2v) is 8.05. The highest BCUT2D eigenvalue weighted by Crippen LogP contribution is 2.32. The molecule has 0 radical (unpaired) electrons. The third kappa shape index (κ3) is 4.26. The molecule has 2 aromatic heterocycles. The Morgan fingerprint density at radius 3 is 2.88 bits per heavy atom. The van der Waals surface area contributed by atoms with Gasteiger partial charge in [-0.3, -0.25) is 9.25 Å². The molecule has 1 unspecified atom stereocenters. The minimum Gasteiger partial charge on any atom is -0.487 e. The van der Waals surface area contributed by atoms with Crippen LogP contribution in [0.5, 0.6) is 11.6 Å². The molecule has 0 aliphatic carbocycles. The second kappa shape index (κ2) is 8.76. The molecular formula is C23H26N4O5. The molecule has 1 aromatic carbocycles. The Bertz CT molecular complexity index is 1160. The third-order valence-corrected chi connectivity index (χ3v) is 5.80. The first kappa shape index (κ1) is 20.7. The van der Waals surface area contributed by atoms with E-state index in [9.17, 15) is 4.79 Å². The van der Waals surface area contributed by atoms with Crippen molar-refractivity contribution >= 4 is 0 Å². The van der Waals surface area contributed by atoms with Crippen LogP contribution in [-0.2, 0) is 36.1 Å². The van der Waals surface area contributed by atoms with Crippen molar-refractivity contribution in [1.82, 2.24) is 19.3 Å². The zero-order valence-electron chi connectivity index (χ0n) is 18.2. The zero-order chi connectivity index (χ0) is 22.1. The molecule has 4 heterocycles. The molecule has 0 amide bonds. The molecule has 0 N–H and O–H groups in total. The maximum Gasteiger partial charge on any atom is 0.351 e. The normalized spacial score (nSPS) is 17.5. The van der Waals surface area contributed by atoms with Gasteiger partial charge < -0.3 is 18.9 Å². The van der Waals surface area contributed by atoms with E-state index in [1.54, 1.807) is 4.57 Å². The van der Waals surface area contributed by atoms with E-state index < -0.39 is 0 Å². The minimum atomic E-state index is -0.310. The van der Waals surface area contributed by atoms with E-state index in [1.165, 1.54) is 0 Å². The van der Waals surface area contributed by atoms with Crippen molar-refractivity contribution in [3.8, 4) is 22.9 Å². The quantitative estimate of drug-likeness (QED) is 0.581. The summed E-state index contributed by atoms with van der Waals surface area (Å²) in [5.41, 5.74) is 4.58. The Morgan fingerprint density at radius 1 is 1.19 bits per heavy atom. The van der Waals surface area contributed by atoms with Crippen molar-refractivity contribution in [3.05, 3.63) is 57.8 Å². The standard InChI is InChI=1S/C23H26N4O5/c1-15-9-17(25-26(15)2)12-31-18-3-4-20-16(10-18)5-6-27-21(20)11-22(24-23(27)28)32-14-19-13-29-7-8-30-19/h3-4,9-11,19H,5-8,12-14H2,1-2H3. The van der Waals surface area contributed by atoms with Gasteiger partial charge in [0.05, 0.1) is 25.5 Å². The van der Waals surface area contributed by atoms with Crippen LogP contribution in [-0.4, -0.2) is 51.9 Å². The molecule has 0 saturated carbocycles. The smallest absolute Gasteiger partial charge is 0.351 e. The van der Waals surface area contributed by atoms with Crippen molar-refractivity contribution < 1.29 is 18.9 Å². The van der Waals surface area contributed by atoms with Gasteiger partial charge in [-0.15, -0.1) is 0 Å². The molecule has 2 aliphatic heterocycles. The van der Waals surface area contributed by atoms with Crippen LogP contribution < -0.4 is 15.2 Å². The SMILES string of the molecule is Cc1cc(COc2ccc3c(c2)CCn2c-3cc(OCC3COCCO3)nc2=O)nn1C. The molecule has 32 heavy (non-hydrogen) atoms. The first-order valence-electron chi connectivity index (χ1n) is 10.8. The van der Waals surface area contributed by atoms with Crippen molar-refractivity contribution in [1.29, 1.82) is 0 Å². The summed E-state index contributed by atoms with van der Waals surface area (Å²) in [4.78, 5) is 16.7. The number of fused-ring (bicyclic) bond motifs is 3. The van der Waals surface area contributed by atoms with E-state index in [0.29, 0.717) is 45.5 Å². The first-order chi connectivity index (χ1) is 15.6. The Kier molecular flexibility index (Phi) is 5.67. The van der Waals surface area contributed by atoms with E-state index in [1.807, 2.05) is 49.0 Å². The summed E-state index contributed by atoms with van der Waals surface area (Å²) in [5, 5.41) is 4.43. The molecule has 2 aliphatic rings.